The minimum atomic E-state index is -3.71. The SMILES string of the molecule is COC(=O)[C@H]1CN1S(=O)(=O)c1ccc(Oc2ccc(Cl)cc2)cc1. The predicted octanol–water partition coefficient (Wildman–Crippen LogP) is 2.68. The number of esters is 1. The quantitative estimate of drug-likeness (QED) is 0.600. The summed E-state index contributed by atoms with van der Waals surface area (Å²) in [5.74, 6) is 0.527. The zero-order valence-electron chi connectivity index (χ0n) is 12.7. The molecule has 0 amide bonds. The fraction of sp³-hybridized carbons (Fsp3) is 0.188. The molecule has 0 aliphatic carbocycles. The first kappa shape index (κ1) is 16.8. The molecule has 24 heavy (non-hydrogen) atoms. The Bertz CT molecular complexity index is 849. The molecule has 6 nitrogen and oxygen atoms in total. The van der Waals surface area contributed by atoms with Crippen LogP contribution in [0, 0.1) is 0 Å². The summed E-state index contributed by atoms with van der Waals surface area (Å²) in [4.78, 5) is 11.5. The van der Waals surface area contributed by atoms with Crippen LogP contribution in [0.1, 0.15) is 0 Å². The number of sulfonamides is 1. The molecule has 1 unspecified atom stereocenters. The van der Waals surface area contributed by atoms with Crippen molar-refractivity contribution < 1.29 is 22.7 Å². The van der Waals surface area contributed by atoms with Gasteiger partial charge in [0, 0.05) is 11.6 Å². The molecule has 2 aromatic carbocycles. The fourth-order valence-electron chi connectivity index (χ4n) is 2.17. The number of carbonyl (C=O) groups is 1. The zero-order chi connectivity index (χ0) is 17.3. The van der Waals surface area contributed by atoms with Gasteiger partial charge in [-0.3, -0.25) is 4.79 Å². The van der Waals surface area contributed by atoms with Gasteiger partial charge in [-0.25, -0.2) is 8.42 Å². The topological polar surface area (TPSA) is 72.7 Å². The van der Waals surface area contributed by atoms with Gasteiger partial charge in [0.2, 0.25) is 10.0 Å². The van der Waals surface area contributed by atoms with Crippen LogP contribution in [0.5, 0.6) is 11.5 Å². The molecule has 0 N–H and O–H groups in total. The second-order valence-corrected chi connectivity index (χ2v) is 7.47. The van der Waals surface area contributed by atoms with Gasteiger partial charge in [-0.1, -0.05) is 11.6 Å². The first-order valence-corrected chi connectivity index (χ1v) is 8.87. The number of hydrogen-bond acceptors (Lipinski definition) is 5. The minimum absolute atomic E-state index is 0.0948. The summed E-state index contributed by atoms with van der Waals surface area (Å²) in [6.45, 7) is 0.137. The van der Waals surface area contributed by atoms with Crippen molar-refractivity contribution >= 4 is 27.6 Å². The second-order valence-electron chi connectivity index (χ2n) is 5.14. The maximum absolute atomic E-state index is 12.4. The molecule has 0 aromatic heterocycles. The molecule has 1 saturated heterocycles. The Labute approximate surface area is 144 Å². The molecular formula is C16H14ClNO5S. The third-order valence-electron chi connectivity index (χ3n) is 3.52. The van der Waals surface area contributed by atoms with Gasteiger partial charge in [-0.15, -0.1) is 0 Å². The number of hydrogen-bond donors (Lipinski definition) is 0. The van der Waals surface area contributed by atoms with E-state index in [2.05, 4.69) is 4.74 Å². The highest BCUT2D eigenvalue weighted by atomic mass is 35.5. The Morgan fingerprint density at radius 1 is 1.08 bits per heavy atom. The summed E-state index contributed by atoms with van der Waals surface area (Å²) in [6.07, 6.45) is 0. The van der Waals surface area contributed by atoms with Crippen molar-refractivity contribution in [3.05, 3.63) is 53.6 Å². The number of carbonyl (C=O) groups excluding carboxylic acids is 1. The predicted molar refractivity (Wildman–Crippen MR) is 87.7 cm³/mol. The van der Waals surface area contributed by atoms with Gasteiger partial charge in [0.25, 0.3) is 0 Å². The van der Waals surface area contributed by atoms with Gasteiger partial charge >= 0.3 is 5.97 Å². The minimum Gasteiger partial charge on any atom is -0.468 e. The molecule has 0 bridgehead atoms. The summed E-state index contributed by atoms with van der Waals surface area (Å²) in [7, 11) is -2.48. The highest BCUT2D eigenvalue weighted by molar-refractivity contribution is 7.89. The third kappa shape index (κ3) is 3.38. The van der Waals surface area contributed by atoms with Crippen LogP contribution in [0.4, 0.5) is 0 Å². The van der Waals surface area contributed by atoms with E-state index < -0.39 is 22.0 Å². The summed E-state index contributed by atoms with van der Waals surface area (Å²) < 4.78 is 36.0. The van der Waals surface area contributed by atoms with E-state index in [-0.39, 0.29) is 11.4 Å². The monoisotopic (exact) mass is 367 g/mol. The van der Waals surface area contributed by atoms with E-state index in [0.29, 0.717) is 16.5 Å². The fourth-order valence-corrected chi connectivity index (χ4v) is 3.81. The number of nitrogens with zero attached hydrogens (tertiary/aromatic N) is 1. The first-order chi connectivity index (χ1) is 11.4. The van der Waals surface area contributed by atoms with Gasteiger partial charge in [0.05, 0.1) is 12.0 Å². The highest BCUT2D eigenvalue weighted by Gasteiger charge is 2.50. The highest BCUT2D eigenvalue weighted by Crippen LogP contribution is 2.30. The molecule has 0 spiro atoms. The molecule has 126 valence electrons. The van der Waals surface area contributed by atoms with Gasteiger partial charge < -0.3 is 9.47 Å². The van der Waals surface area contributed by atoms with Gasteiger partial charge in [-0.2, -0.15) is 4.31 Å². The number of halogens is 1. The molecule has 0 saturated carbocycles. The van der Waals surface area contributed by atoms with E-state index >= 15 is 0 Å². The summed E-state index contributed by atoms with van der Waals surface area (Å²) in [5.41, 5.74) is 0. The van der Waals surface area contributed by atoms with E-state index in [0.717, 1.165) is 4.31 Å². The van der Waals surface area contributed by atoms with Crippen LogP contribution in [-0.2, 0) is 19.6 Å². The molecular weight excluding hydrogens is 354 g/mol. The normalized spacial score (nSPS) is 19.6. The van der Waals surface area contributed by atoms with E-state index in [1.54, 1.807) is 36.4 Å². The lowest BCUT2D eigenvalue weighted by molar-refractivity contribution is -0.140. The molecule has 1 aliphatic rings. The Balaban J connectivity index is 1.72. The number of ether oxygens (including phenoxy) is 2. The number of methoxy groups -OCH3 is 1. The van der Waals surface area contributed by atoms with Gasteiger partial charge in [0.15, 0.2) is 0 Å². The Morgan fingerprint density at radius 3 is 2.17 bits per heavy atom. The van der Waals surface area contributed by atoms with Crippen molar-refractivity contribution in [1.82, 2.24) is 4.31 Å². The second kappa shape index (κ2) is 6.43. The molecule has 0 radical (unpaired) electrons. The molecule has 3 rings (SSSR count). The lowest BCUT2D eigenvalue weighted by atomic mass is 10.3. The molecule has 2 atom stereocenters. The maximum atomic E-state index is 12.4. The maximum Gasteiger partial charge on any atom is 0.325 e. The van der Waals surface area contributed by atoms with Crippen LogP contribution in [-0.4, -0.2) is 38.4 Å². The first-order valence-electron chi connectivity index (χ1n) is 7.05. The van der Waals surface area contributed by atoms with Crippen LogP contribution < -0.4 is 4.74 Å². The smallest absolute Gasteiger partial charge is 0.325 e. The molecule has 1 fully saturated rings. The van der Waals surface area contributed by atoms with Crippen LogP contribution in [0.2, 0.25) is 5.02 Å². The van der Waals surface area contributed by atoms with Crippen molar-refractivity contribution in [2.24, 2.45) is 0 Å². The van der Waals surface area contributed by atoms with Crippen molar-refractivity contribution in [2.75, 3.05) is 13.7 Å². The molecule has 1 heterocycles. The number of rotatable bonds is 5. The van der Waals surface area contributed by atoms with Crippen LogP contribution in [0.25, 0.3) is 0 Å². The number of benzene rings is 2. The lowest BCUT2D eigenvalue weighted by Crippen LogP contribution is -2.20. The average molecular weight is 368 g/mol. The molecule has 8 heteroatoms. The van der Waals surface area contributed by atoms with Crippen molar-refractivity contribution in [2.45, 2.75) is 10.9 Å². The van der Waals surface area contributed by atoms with Crippen LogP contribution in [0.15, 0.2) is 53.4 Å². The molecule has 1 aliphatic heterocycles. The van der Waals surface area contributed by atoms with Gasteiger partial charge in [-0.05, 0) is 48.5 Å². The molecule has 2 aromatic rings. The summed E-state index contributed by atoms with van der Waals surface area (Å²) >= 11 is 5.81. The van der Waals surface area contributed by atoms with Crippen molar-refractivity contribution in [3.8, 4) is 11.5 Å². The summed E-state index contributed by atoms with van der Waals surface area (Å²) in [6, 6.07) is 12.1. The Kier molecular flexibility index (Phi) is 4.49. The Morgan fingerprint density at radius 2 is 1.62 bits per heavy atom. The van der Waals surface area contributed by atoms with Crippen molar-refractivity contribution in [3.63, 3.8) is 0 Å². The van der Waals surface area contributed by atoms with E-state index in [9.17, 15) is 13.2 Å². The summed E-state index contributed by atoms with van der Waals surface area (Å²) in [5, 5.41) is 0.599. The lowest BCUT2D eigenvalue weighted by Gasteiger charge is -2.08. The Hall–Kier alpha value is -2.09. The van der Waals surface area contributed by atoms with Gasteiger partial charge in [0.1, 0.15) is 17.5 Å². The van der Waals surface area contributed by atoms with Crippen LogP contribution >= 0.6 is 11.6 Å². The van der Waals surface area contributed by atoms with Crippen LogP contribution in [0.3, 0.4) is 0 Å². The van der Waals surface area contributed by atoms with Crippen molar-refractivity contribution in [1.29, 1.82) is 0 Å². The standard InChI is InChI=1S/C16H14ClNO5S/c1-22-16(19)15-10-18(15)24(20,21)14-8-6-13(7-9-14)23-12-4-2-11(17)3-5-12/h2-9,15H,10H2,1H3/t15-,18?/m1/s1. The van der Waals surface area contributed by atoms with E-state index in [1.807, 2.05) is 0 Å². The van der Waals surface area contributed by atoms with E-state index in [1.165, 1.54) is 19.2 Å². The third-order valence-corrected chi connectivity index (χ3v) is 5.66. The van der Waals surface area contributed by atoms with E-state index in [4.69, 9.17) is 16.3 Å². The largest absolute Gasteiger partial charge is 0.468 e. The zero-order valence-corrected chi connectivity index (χ0v) is 14.3. The average Bonchev–Trinajstić information content (AvgIpc) is 3.38.